The number of H-pyrrole nitrogens is 1. The molecule has 3 N–H and O–H groups in total. The van der Waals surface area contributed by atoms with Crippen molar-refractivity contribution in [1.82, 2.24) is 20.8 Å². The highest BCUT2D eigenvalue weighted by atomic mass is 19.3. The van der Waals surface area contributed by atoms with Gasteiger partial charge in [0.2, 0.25) is 0 Å². The first-order valence-corrected chi connectivity index (χ1v) is 7.06. The lowest BCUT2D eigenvalue weighted by Crippen LogP contribution is -2.44. The van der Waals surface area contributed by atoms with E-state index in [4.69, 9.17) is 4.74 Å². The average molecular weight is 318 g/mol. The van der Waals surface area contributed by atoms with Crippen LogP contribution in [0.1, 0.15) is 37.7 Å². The van der Waals surface area contributed by atoms with E-state index in [0.29, 0.717) is 0 Å². The summed E-state index contributed by atoms with van der Waals surface area (Å²) in [5.74, 6) is -3.07. The Morgan fingerprint density at radius 3 is 2.41 bits per heavy atom. The molecule has 22 heavy (non-hydrogen) atoms. The molecule has 0 spiro atoms. The topological polar surface area (TPSA) is 79.0 Å². The summed E-state index contributed by atoms with van der Waals surface area (Å²) >= 11 is 0. The summed E-state index contributed by atoms with van der Waals surface area (Å²) in [7, 11) is 0. The van der Waals surface area contributed by atoms with E-state index in [1.807, 2.05) is 13.8 Å². The third-order valence-electron chi connectivity index (χ3n) is 2.86. The van der Waals surface area contributed by atoms with E-state index in [0.717, 1.165) is 17.0 Å². The molecule has 0 aliphatic carbocycles. The minimum Gasteiger partial charge on any atom is -0.444 e. The first-order chi connectivity index (χ1) is 10.0. The molecule has 8 heteroatoms. The fraction of sp³-hybridized carbons (Fsp3) is 0.714. The number of hydrogen-bond acceptors (Lipinski definition) is 4. The molecule has 0 saturated carbocycles. The maximum absolute atomic E-state index is 13.7. The van der Waals surface area contributed by atoms with Crippen LogP contribution in [0.25, 0.3) is 0 Å². The van der Waals surface area contributed by atoms with Gasteiger partial charge in [-0.3, -0.25) is 5.10 Å². The number of nitrogens with zero attached hydrogens (tertiary/aromatic N) is 1. The number of carbonyl (C=O) groups is 1. The van der Waals surface area contributed by atoms with Crippen molar-refractivity contribution < 1.29 is 18.3 Å². The number of amides is 1. The third kappa shape index (κ3) is 6.38. The summed E-state index contributed by atoms with van der Waals surface area (Å²) in [6.45, 7) is 7.61. The van der Waals surface area contributed by atoms with E-state index in [1.54, 1.807) is 20.8 Å². The zero-order chi connectivity index (χ0) is 17.0. The number of ether oxygens (including phenoxy) is 1. The van der Waals surface area contributed by atoms with Gasteiger partial charge in [0.1, 0.15) is 5.60 Å². The van der Waals surface area contributed by atoms with Gasteiger partial charge in [0.15, 0.2) is 0 Å². The number of hydrogen-bond donors (Lipinski definition) is 3. The van der Waals surface area contributed by atoms with E-state index < -0.39 is 30.7 Å². The van der Waals surface area contributed by atoms with Crippen molar-refractivity contribution in [3.8, 4) is 0 Å². The van der Waals surface area contributed by atoms with Crippen LogP contribution < -0.4 is 10.6 Å². The molecular weight excluding hydrogens is 294 g/mol. The van der Waals surface area contributed by atoms with Gasteiger partial charge in [0.25, 0.3) is 5.92 Å². The summed E-state index contributed by atoms with van der Waals surface area (Å²) in [6.07, 6.45) is -0.853. The molecule has 0 atom stereocenters. The summed E-state index contributed by atoms with van der Waals surface area (Å²) in [4.78, 5) is 11.4. The second kappa shape index (κ2) is 7.04. The predicted molar refractivity (Wildman–Crippen MR) is 79.0 cm³/mol. The number of nitrogens with one attached hydrogen (secondary N) is 3. The zero-order valence-corrected chi connectivity index (χ0v) is 13.6. The molecule has 0 aromatic carbocycles. The molecule has 0 unspecified atom stereocenters. The summed E-state index contributed by atoms with van der Waals surface area (Å²) in [5, 5.41) is 11.5. The van der Waals surface area contributed by atoms with E-state index >= 15 is 0 Å². The first-order valence-electron chi connectivity index (χ1n) is 7.06. The van der Waals surface area contributed by atoms with Crippen molar-refractivity contribution in [2.45, 2.75) is 52.7 Å². The Bertz CT molecular complexity index is 490. The molecule has 0 radical (unpaired) electrons. The summed E-state index contributed by atoms with van der Waals surface area (Å²) < 4.78 is 32.3. The highest BCUT2D eigenvalue weighted by Crippen LogP contribution is 2.13. The summed E-state index contributed by atoms with van der Waals surface area (Å²) in [5.41, 5.74) is 1.78. The van der Waals surface area contributed by atoms with Crippen molar-refractivity contribution in [3.63, 3.8) is 0 Å². The zero-order valence-electron chi connectivity index (χ0n) is 13.6. The Kier molecular flexibility index (Phi) is 5.87. The molecule has 0 saturated heterocycles. The fourth-order valence-electron chi connectivity index (χ4n) is 1.78. The molecule has 1 aromatic rings. The number of aromatic nitrogens is 2. The molecule has 1 rings (SSSR count). The van der Waals surface area contributed by atoms with E-state index in [-0.39, 0.29) is 6.54 Å². The van der Waals surface area contributed by atoms with E-state index in [1.165, 1.54) is 0 Å². The second-order valence-electron chi connectivity index (χ2n) is 6.23. The normalized spacial score (nSPS) is 12.3. The molecule has 1 aromatic heterocycles. The average Bonchev–Trinajstić information content (AvgIpc) is 2.66. The molecule has 0 aliphatic heterocycles. The minimum atomic E-state index is -3.07. The van der Waals surface area contributed by atoms with Crippen LogP contribution in [-0.4, -0.2) is 40.9 Å². The summed E-state index contributed by atoms with van der Waals surface area (Å²) in [6, 6.07) is 0. The Morgan fingerprint density at radius 2 is 1.91 bits per heavy atom. The maximum Gasteiger partial charge on any atom is 0.407 e. The van der Waals surface area contributed by atoms with Gasteiger partial charge in [0.05, 0.1) is 18.8 Å². The minimum absolute atomic E-state index is 0.288. The quantitative estimate of drug-likeness (QED) is 0.752. The molecule has 1 amide bonds. The lowest BCUT2D eigenvalue weighted by Gasteiger charge is -2.22. The number of aryl methyl sites for hydroxylation is 2. The van der Waals surface area contributed by atoms with Gasteiger partial charge < -0.3 is 15.4 Å². The Morgan fingerprint density at radius 1 is 1.27 bits per heavy atom. The number of aromatic amines is 1. The molecule has 126 valence electrons. The second-order valence-corrected chi connectivity index (χ2v) is 6.23. The Labute approximate surface area is 129 Å². The molecule has 6 nitrogen and oxygen atoms in total. The molecule has 1 heterocycles. The van der Waals surface area contributed by atoms with Gasteiger partial charge in [-0.2, -0.15) is 5.10 Å². The smallest absolute Gasteiger partial charge is 0.407 e. The van der Waals surface area contributed by atoms with Crippen LogP contribution >= 0.6 is 0 Å². The van der Waals surface area contributed by atoms with Crippen LogP contribution in [-0.2, 0) is 11.3 Å². The molecule has 0 bridgehead atoms. The van der Waals surface area contributed by atoms with Crippen molar-refractivity contribution in [3.05, 3.63) is 17.0 Å². The van der Waals surface area contributed by atoms with Crippen LogP contribution in [0.5, 0.6) is 0 Å². The van der Waals surface area contributed by atoms with Crippen LogP contribution in [0.4, 0.5) is 13.6 Å². The number of alkyl carbamates (subject to hydrolysis) is 1. The highest BCUT2D eigenvalue weighted by molar-refractivity contribution is 5.67. The number of rotatable bonds is 6. The Balaban J connectivity index is 2.36. The highest BCUT2D eigenvalue weighted by Gasteiger charge is 2.30. The number of alkyl halides is 2. The van der Waals surface area contributed by atoms with Gasteiger partial charge >= 0.3 is 6.09 Å². The molecule has 0 aliphatic rings. The molecular formula is C14H24F2N4O2. The van der Waals surface area contributed by atoms with Gasteiger partial charge in [-0.1, -0.05) is 0 Å². The van der Waals surface area contributed by atoms with Crippen LogP contribution in [0, 0.1) is 13.8 Å². The van der Waals surface area contributed by atoms with Crippen LogP contribution in [0.2, 0.25) is 0 Å². The molecule has 0 fully saturated rings. The third-order valence-corrected chi connectivity index (χ3v) is 2.86. The van der Waals surface area contributed by atoms with Gasteiger partial charge in [0, 0.05) is 17.8 Å². The predicted octanol–water partition coefficient (Wildman–Crippen LogP) is 2.28. The maximum atomic E-state index is 13.7. The van der Waals surface area contributed by atoms with E-state index in [2.05, 4.69) is 20.8 Å². The van der Waals surface area contributed by atoms with Crippen molar-refractivity contribution in [2.24, 2.45) is 0 Å². The number of halogens is 2. The number of carbonyl (C=O) groups excluding carboxylic acids is 1. The van der Waals surface area contributed by atoms with E-state index in [9.17, 15) is 13.6 Å². The monoisotopic (exact) mass is 318 g/mol. The SMILES string of the molecule is Cc1n[nH]c(C)c1CNCC(F)(F)CNC(=O)OC(C)(C)C. The van der Waals surface area contributed by atoms with Crippen LogP contribution in [0.3, 0.4) is 0 Å². The van der Waals surface area contributed by atoms with Gasteiger partial charge in [-0.05, 0) is 34.6 Å². The van der Waals surface area contributed by atoms with Crippen molar-refractivity contribution in [2.75, 3.05) is 13.1 Å². The van der Waals surface area contributed by atoms with Gasteiger partial charge in [-0.15, -0.1) is 0 Å². The first kappa shape index (κ1) is 18.3. The standard InChI is InChI=1S/C14H24F2N4O2/c1-9-11(10(2)20-19-9)6-17-7-14(15,16)8-18-12(21)22-13(3,4)5/h17H,6-8H2,1-5H3,(H,18,21)(H,19,20). The lowest BCUT2D eigenvalue weighted by atomic mass is 10.2. The van der Waals surface area contributed by atoms with Crippen molar-refractivity contribution in [1.29, 1.82) is 0 Å². The Hall–Kier alpha value is -1.70. The lowest BCUT2D eigenvalue weighted by molar-refractivity contribution is -0.00378. The fourth-order valence-corrected chi connectivity index (χ4v) is 1.78. The van der Waals surface area contributed by atoms with Crippen molar-refractivity contribution >= 4 is 6.09 Å². The largest absolute Gasteiger partial charge is 0.444 e. The van der Waals surface area contributed by atoms with Crippen LogP contribution in [0.15, 0.2) is 0 Å². The van der Waals surface area contributed by atoms with Gasteiger partial charge in [-0.25, -0.2) is 13.6 Å².